The highest BCUT2D eigenvalue weighted by molar-refractivity contribution is 5.97. The van der Waals surface area contributed by atoms with E-state index in [1.807, 2.05) is 23.0 Å². The molecular formula is C21H30N6O2. The van der Waals surface area contributed by atoms with Crippen molar-refractivity contribution < 1.29 is 9.59 Å². The van der Waals surface area contributed by atoms with Crippen molar-refractivity contribution >= 4 is 17.5 Å². The van der Waals surface area contributed by atoms with Gasteiger partial charge >= 0.3 is 0 Å². The highest BCUT2D eigenvalue weighted by atomic mass is 16.2. The summed E-state index contributed by atoms with van der Waals surface area (Å²) in [6, 6.07) is 2.21. The van der Waals surface area contributed by atoms with Gasteiger partial charge in [-0.1, -0.05) is 19.3 Å². The Labute approximate surface area is 172 Å². The maximum atomic E-state index is 13.1. The van der Waals surface area contributed by atoms with Crippen LogP contribution in [-0.4, -0.2) is 70.2 Å². The zero-order chi connectivity index (χ0) is 20.4. The monoisotopic (exact) mass is 398 g/mol. The summed E-state index contributed by atoms with van der Waals surface area (Å²) in [6.45, 7) is 3.29. The van der Waals surface area contributed by atoms with Crippen molar-refractivity contribution in [2.75, 3.05) is 37.6 Å². The third-order valence-electron chi connectivity index (χ3n) is 6.79. The number of amides is 2. The number of piperidine rings is 1. The van der Waals surface area contributed by atoms with Gasteiger partial charge in [-0.05, 0) is 25.7 Å². The molecule has 2 saturated heterocycles. The first kappa shape index (κ1) is 19.9. The molecule has 3 heterocycles. The van der Waals surface area contributed by atoms with Crippen LogP contribution in [0.1, 0.15) is 44.9 Å². The summed E-state index contributed by atoms with van der Waals surface area (Å²) in [5.41, 5.74) is 0.0299. The highest BCUT2D eigenvalue weighted by Gasteiger charge is 2.44. The topological polar surface area (TPSA) is 85.5 Å². The molecule has 3 fully saturated rings. The molecule has 2 amide bonds. The molecule has 1 aromatic rings. The molecular weight excluding hydrogens is 368 g/mol. The first-order chi connectivity index (χ1) is 14.0. The number of aromatic nitrogens is 2. The van der Waals surface area contributed by atoms with E-state index in [0.717, 1.165) is 44.3 Å². The summed E-state index contributed by atoms with van der Waals surface area (Å²) in [6.07, 6.45) is 9.83. The predicted molar refractivity (Wildman–Crippen MR) is 108 cm³/mol. The molecule has 8 heteroatoms. The Morgan fingerprint density at radius 3 is 2.48 bits per heavy atom. The van der Waals surface area contributed by atoms with E-state index in [9.17, 15) is 14.9 Å². The van der Waals surface area contributed by atoms with Gasteiger partial charge in [-0.3, -0.25) is 19.2 Å². The molecule has 0 aromatic carbocycles. The van der Waals surface area contributed by atoms with Crippen molar-refractivity contribution in [3.05, 3.63) is 12.4 Å². The second-order valence-corrected chi connectivity index (χ2v) is 8.60. The Kier molecular flexibility index (Phi) is 5.59. The minimum absolute atomic E-state index is 0.00584. The number of hydrogen-bond acceptors (Lipinski definition) is 5. The average Bonchev–Trinajstić information content (AvgIpc) is 3.20. The number of nitriles is 1. The Balaban J connectivity index is 1.38. The van der Waals surface area contributed by atoms with Crippen LogP contribution in [0.5, 0.6) is 0 Å². The van der Waals surface area contributed by atoms with Crippen molar-refractivity contribution in [2.45, 2.75) is 51.0 Å². The van der Waals surface area contributed by atoms with E-state index in [0.29, 0.717) is 39.0 Å². The Morgan fingerprint density at radius 2 is 1.86 bits per heavy atom. The SMILES string of the molecule is Cn1cc(N2CCC[C@H](N3CCN(C(=O)C4(C#N)CCCCC4)CC3)C2=O)cn1. The third-order valence-corrected chi connectivity index (χ3v) is 6.79. The molecule has 0 N–H and O–H groups in total. The van der Waals surface area contributed by atoms with Gasteiger partial charge in [0.25, 0.3) is 0 Å². The van der Waals surface area contributed by atoms with Crippen LogP contribution in [-0.2, 0) is 16.6 Å². The number of anilines is 1. The van der Waals surface area contributed by atoms with Gasteiger partial charge in [0.2, 0.25) is 11.8 Å². The maximum absolute atomic E-state index is 13.1. The van der Waals surface area contributed by atoms with Crippen LogP contribution in [0, 0.1) is 16.7 Å². The van der Waals surface area contributed by atoms with E-state index in [1.54, 1.807) is 10.9 Å². The fourth-order valence-corrected chi connectivity index (χ4v) is 5.07. The number of hydrogen-bond donors (Lipinski definition) is 0. The van der Waals surface area contributed by atoms with Gasteiger partial charge in [0.1, 0.15) is 5.41 Å². The lowest BCUT2D eigenvalue weighted by Crippen LogP contribution is -2.59. The average molecular weight is 399 g/mol. The molecule has 8 nitrogen and oxygen atoms in total. The second-order valence-electron chi connectivity index (χ2n) is 8.60. The van der Waals surface area contributed by atoms with Crippen molar-refractivity contribution in [3.63, 3.8) is 0 Å². The molecule has 1 atom stereocenters. The minimum Gasteiger partial charge on any atom is -0.339 e. The smallest absolute Gasteiger partial charge is 0.244 e. The van der Waals surface area contributed by atoms with Crippen molar-refractivity contribution in [3.8, 4) is 6.07 Å². The Bertz CT molecular complexity index is 798. The van der Waals surface area contributed by atoms with Gasteiger partial charge in [0, 0.05) is 46.0 Å². The van der Waals surface area contributed by atoms with E-state index >= 15 is 0 Å². The number of aryl methyl sites for hydroxylation is 1. The molecule has 0 bridgehead atoms. The van der Waals surface area contributed by atoms with Crippen LogP contribution >= 0.6 is 0 Å². The highest BCUT2D eigenvalue weighted by Crippen LogP contribution is 2.37. The first-order valence-electron chi connectivity index (χ1n) is 10.8. The van der Waals surface area contributed by atoms with Gasteiger partial charge in [-0.25, -0.2) is 0 Å². The van der Waals surface area contributed by atoms with Gasteiger partial charge in [0.15, 0.2) is 0 Å². The van der Waals surface area contributed by atoms with Crippen LogP contribution in [0.25, 0.3) is 0 Å². The summed E-state index contributed by atoms with van der Waals surface area (Å²) in [5.74, 6) is 0.135. The molecule has 3 aliphatic rings. The van der Waals surface area contributed by atoms with E-state index in [2.05, 4.69) is 16.1 Å². The number of nitrogens with zero attached hydrogens (tertiary/aromatic N) is 6. The first-order valence-corrected chi connectivity index (χ1v) is 10.8. The third kappa shape index (κ3) is 3.76. The largest absolute Gasteiger partial charge is 0.339 e. The van der Waals surface area contributed by atoms with Crippen LogP contribution in [0.15, 0.2) is 12.4 Å². The van der Waals surface area contributed by atoms with E-state index in [1.165, 1.54) is 0 Å². The Morgan fingerprint density at radius 1 is 1.14 bits per heavy atom. The number of piperazine rings is 1. The number of carbonyl (C=O) groups excluding carboxylic acids is 2. The predicted octanol–water partition coefficient (Wildman–Crippen LogP) is 1.53. The van der Waals surface area contributed by atoms with Crippen molar-refractivity contribution in [1.82, 2.24) is 19.6 Å². The molecule has 2 aliphatic heterocycles. The molecule has 1 aliphatic carbocycles. The molecule has 1 saturated carbocycles. The van der Waals surface area contributed by atoms with Crippen molar-refractivity contribution in [1.29, 1.82) is 5.26 Å². The lowest BCUT2D eigenvalue weighted by molar-refractivity contribution is -0.143. The van der Waals surface area contributed by atoms with Gasteiger partial charge in [0.05, 0.1) is 24.0 Å². The van der Waals surface area contributed by atoms with Crippen molar-refractivity contribution in [2.24, 2.45) is 12.5 Å². The van der Waals surface area contributed by atoms with E-state index in [4.69, 9.17) is 0 Å². The zero-order valence-electron chi connectivity index (χ0n) is 17.2. The normalized spacial score (nSPS) is 25.7. The number of carbonyl (C=O) groups is 2. The maximum Gasteiger partial charge on any atom is 0.244 e. The zero-order valence-corrected chi connectivity index (χ0v) is 17.2. The van der Waals surface area contributed by atoms with Gasteiger partial charge < -0.3 is 9.80 Å². The molecule has 0 unspecified atom stereocenters. The summed E-state index contributed by atoms with van der Waals surface area (Å²) < 4.78 is 1.72. The van der Waals surface area contributed by atoms with Gasteiger partial charge in [-0.2, -0.15) is 10.4 Å². The molecule has 1 aromatic heterocycles. The summed E-state index contributed by atoms with van der Waals surface area (Å²) in [4.78, 5) is 32.1. The van der Waals surface area contributed by atoms with Crippen LogP contribution in [0.3, 0.4) is 0 Å². The standard InChI is InChI=1S/C21H30N6O2/c1-24-15-17(14-23-24)27-9-5-6-18(19(27)28)25-10-12-26(13-11-25)20(29)21(16-22)7-3-2-4-8-21/h14-15,18H,2-13H2,1H3/t18-/m0/s1. The Hall–Kier alpha value is -2.40. The minimum atomic E-state index is -0.821. The van der Waals surface area contributed by atoms with Crippen LogP contribution in [0.2, 0.25) is 0 Å². The molecule has 0 spiro atoms. The van der Waals surface area contributed by atoms with Gasteiger partial charge in [-0.15, -0.1) is 0 Å². The van der Waals surface area contributed by atoms with E-state index < -0.39 is 5.41 Å². The quantitative estimate of drug-likeness (QED) is 0.771. The van der Waals surface area contributed by atoms with Crippen LogP contribution < -0.4 is 4.90 Å². The second kappa shape index (κ2) is 8.15. The molecule has 0 radical (unpaired) electrons. The number of rotatable bonds is 3. The molecule has 29 heavy (non-hydrogen) atoms. The summed E-state index contributed by atoms with van der Waals surface area (Å²) in [7, 11) is 1.85. The van der Waals surface area contributed by atoms with E-state index in [-0.39, 0.29) is 17.9 Å². The fourth-order valence-electron chi connectivity index (χ4n) is 5.07. The molecule has 156 valence electrons. The summed E-state index contributed by atoms with van der Waals surface area (Å²) >= 11 is 0. The summed E-state index contributed by atoms with van der Waals surface area (Å²) in [5, 5.41) is 13.9. The lowest BCUT2D eigenvalue weighted by Gasteiger charge is -2.44. The fraction of sp³-hybridized carbons (Fsp3) is 0.714. The molecule has 4 rings (SSSR count). The van der Waals surface area contributed by atoms with Crippen LogP contribution in [0.4, 0.5) is 5.69 Å². The lowest BCUT2D eigenvalue weighted by atomic mass is 9.74.